The number of rotatable bonds is 2. The minimum absolute atomic E-state index is 0.214. The van der Waals surface area contributed by atoms with Gasteiger partial charge in [-0.2, -0.15) is 0 Å². The van der Waals surface area contributed by atoms with Crippen LogP contribution in [0.2, 0.25) is 0 Å². The lowest BCUT2D eigenvalue weighted by Crippen LogP contribution is -1.89. The summed E-state index contributed by atoms with van der Waals surface area (Å²) in [4.78, 5) is 11.4. The molecular formula is C12H9FO2. The number of benzene rings is 1. The lowest BCUT2D eigenvalue weighted by Gasteiger charge is -1.87. The maximum Gasteiger partial charge on any atom is 0.220 e. The first-order valence-electron chi connectivity index (χ1n) is 4.57. The molecule has 0 saturated carbocycles. The minimum atomic E-state index is -0.340. The normalized spacial score (nSPS) is 11.3. The average Bonchev–Trinajstić information content (AvgIpc) is 2.60. The number of hydrogen-bond acceptors (Lipinski definition) is 2. The quantitative estimate of drug-likeness (QED) is 0.554. The van der Waals surface area contributed by atoms with E-state index >= 15 is 0 Å². The van der Waals surface area contributed by atoms with E-state index in [4.69, 9.17) is 4.42 Å². The van der Waals surface area contributed by atoms with E-state index in [1.807, 2.05) is 0 Å². The van der Waals surface area contributed by atoms with Crippen LogP contribution in [-0.4, -0.2) is 5.78 Å². The third kappa shape index (κ3) is 1.81. The maximum absolute atomic E-state index is 12.9. The summed E-state index contributed by atoms with van der Waals surface area (Å²) < 4.78 is 18.1. The van der Waals surface area contributed by atoms with Gasteiger partial charge in [-0.15, -0.1) is 0 Å². The number of furan rings is 1. The first-order chi connectivity index (χ1) is 7.20. The van der Waals surface area contributed by atoms with Gasteiger partial charge in [0.25, 0.3) is 0 Å². The number of allylic oxidation sites excluding steroid dienone is 2. The van der Waals surface area contributed by atoms with Gasteiger partial charge in [0.1, 0.15) is 11.4 Å². The Balaban J connectivity index is 2.51. The molecule has 0 saturated heterocycles. The number of ketones is 1. The van der Waals surface area contributed by atoms with Crippen LogP contribution in [0.5, 0.6) is 0 Å². The molecule has 0 aliphatic carbocycles. The lowest BCUT2D eigenvalue weighted by molar-refractivity contribution is 0.102. The van der Waals surface area contributed by atoms with E-state index in [-0.39, 0.29) is 17.4 Å². The van der Waals surface area contributed by atoms with Crippen LogP contribution in [0.3, 0.4) is 0 Å². The van der Waals surface area contributed by atoms with Crippen molar-refractivity contribution in [1.29, 1.82) is 0 Å². The summed E-state index contributed by atoms with van der Waals surface area (Å²) in [6.07, 6.45) is 3.05. The lowest BCUT2D eigenvalue weighted by atomic mass is 10.2. The molecule has 0 radical (unpaired) electrons. The predicted molar refractivity (Wildman–Crippen MR) is 55.3 cm³/mol. The van der Waals surface area contributed by atoms with Gasteiger partial charge < -0.3 is 4.42 Å². The van der Waals surface area contributed by atoms with E-state index in [0.29, 0.717) is 11.0 Å². The molecule has 0 aliphatic heterocycles. The largest absolute Gasteiger partial charge is 0.453 e. The molecule has 0 fully saturated rings. The third-order valence-corrected chi connectivity index (χ3v) is 2.04. The summed E-state index contributed by atoms with van der Waals surface area (Å²) in [6.45, 7) is 1.75. The van der Waals surface area contributed by atoms with E-state index in [1.54, 1.807) is 19.1 Å². The summed E-state index contributed by atoms with van der Waals surface area (Å²) in [6, 6.07) is 5.69. The summed E-state index contributed by atoms with van der Waals surface area (Å²) in [5, 5.41) is 0.600. The molecule has 2 rings (SSSR count). The molecule has 76 valence electrons. The first kappa shape index (κ1) is 9.65. The zero-order valence-corrected chi connectivity index (χ0v) is 8.16. The third-order valence-electron chi connectivity index (χ3n) is 2.04. The Morgan fingerprint density at radius 3 is 2.93 bits per heavy atom. The highest BCUT2D eigenvalue weighted by Crippen LogP contribution is 2.20. The Kier molecular flexibility index (Phi) is 2.37. The zero-order chi connectivity index (χ0) is 10.8. The number of halogens is 1. The van der Waals surface area contributed by atoms with Gasteiger partial charge in [0.15, 0.2) is 5.76 Å². The van der Waals surface area contributed by atoms with E-state index in [9.17, 15) is 9.18 Å². The Morgan fingerprint density at radius 2 is 2.20 bits per heavy atom. The summed E-state index contributed by atoms with van der Waals surface area (Å²) in [7, 11) is 0. The van der Waals surface area contributed by atoms with Gasteiger partial charge in [0.05, 0.1) is 0 Å². The number of carbonyl (C=O) groups excluding carboxylic acids is 1. The van der Waals surface area contributed by atoms with Crippen LogP contribution >= 0.6 is 0 Å². The van der Waals surface area contributed by atoms with Crippen molar-refractivity contribution in [3.63, 3.8) is 0 Å². The van der Waals surface area contributed by atoms with Crippen molar-refractivity contribution in [2.45, 2.75) is 6.92 Å². The van der Waals surface area contributed by atoms with Crippen molar-refractivity contribution >= 4 is 16.8 Å². The molecule has 3 heteroatoms. The van der Waals surface area contributed by atoms with E-state index in [2.05, 4.69) is 0 Å². The zero-order valence-electron chi connectivity index (χ0n) is 8.16. The van der Waals surface area contributed by atoms with Crippen LogP contribution in [0, 0.1) is 5.82 Å². The van der Waals surface area contributed by atoms with E-state index < -0.39 is 0 Å². The van der Waals surface area contributed by atoms with Crippen LogP contribution in [-0.2, 0) is 0 Å². The monoisotopic (exact) mass is 204 g/mol. The molecule has 0 bridgehead atoms. The predicted octanol–water partition coefficient (Wildman–Crippen LogP) is 3.33. The fourth-order valence-electron chi connectivity index (χ4n) is 1.37. The second-order valence-electron chi connectivity index (χ2n) is 3.16. The molecule has 0 amide bonds. The topological polar surface area (TPSA) is 30.2 Å². The fraction of sp³-hybridized carbons (Fsp3) is 0.0833. The van der Waals surface area contributed by atoms with E-state index in [1.165, 1.54) is 24.3 Å². The van der Waals surface area contributed by atoms with Crippen LogP contribution in [0.25, 0.3) is 11.0 Å². The molecule has 15 heavy (non-hydrogen) atoms. The highest BCUT2D eigenvalue weighted by atomic mass is 19.1. The molecule has 0 atom stereocenters. The Hall–Kier alpha value is -1.90. The van der Waals surface area contributed by atoms with Crippen LogP contribution in [0.4, 0.5) is 4.39 Å². The molecule has 1 heterocycles. The first-order valence-corrected chi connectivity index (χ1v) is 4.57. The highest BCUT2D eigenvalue weighted by Gasteiger charge is 2.09. The van der Waals surface area contributed by atoms with Gasteiger partial charge in [0.2, 0.25) is 5.78 Å². The average molecular weight is 204 g/mol. The Bertz CT molecular complexity index is 538. The minimum Gasteiger partial charge on any atom is -0.453 e. The molecule has 2 nitrogen and oxygen atoms in total. The van der Waals surface area contributed by atoms with Gasteiger partial charge >= 0.3 is 0 Å². The van der Waals surface area contributed by atoms with Crippen LogP contribution in [0.15, 0.2) is 40.8 Å². The van der Waals surface area contributed by atoms with E-state index in [0.717, 1.165) is 0 Å². The van der Waals surface area contributed by atoms with Gasteiger partial charge in [0, 0.05) is 5.39 Å². The Labute approximate surface area is 86.0 Å². The summed E-state index contributed by atoms with van der Waals surface area (Å²) >= 11 is 0. The van der Waals surface area contributed by atoms with Gasteiger partial charge in [-0.1, -0.05) is 6.08 Å². The number of hydrogen-bond donors (Lipinski definition) is 0. The number of carbonyl (C=O) groups is 1. The standard InChI is InChI=1S/C12H9FO2/c1-2-3-10(14)12-7-8-6-9(13)4-5-11(8)15-12/h2-7H,1H3/b3-2+. The van der Waals surface area contributed by atoms with Crippen molar-refractivity contribution < 1.29 is 13.6 Å². The van der Waals surface area contributed by atoms with Crippen molar-refractivity contribution in [1.82, 2.24) is 0 Å². The Morgan fingerprint density at radius 1 is 1.40 bits per heavy atom. The fourth-order valence-corrected chi connectivity index (χ4v) is 1.37. The summed E-state index contributed by atoms with van der Waals surface area (Å²) in [5.74, 6) is -0.323. The summed E-state index contributed by atoms with van der Waals surface area (Å²) in [5.41, 5.74) is 0.518. The van der Waals surface area contributed by atoms with Crippen LogP contribution < -0.4 is 0 Å². The van der Waals surface area contributed by atoms with Crippen LogP contribution in [0.1, 0.15) is 17.5 Å². The second-order valence-corrected chi connectivity index (χ2v) is 3.16. The van der Waals surface area contributed by atoms with Crippen molar-refractivity contribution in [3.05, 3.63) is 48.0 Å². The van der Waals surface area contributed by atoms with Gasteiger partial charge in [-0.3, -0.25) is 4.79 Å². The SMILES string of the molecule is C/C=C/C(=O)c1cc2cc(F)ccc2o1. The van der Waals surface area contributed by atoms with Crippen molar-refractivity contribution in [2.75, 3.05) is 0 Å². The number of fused-ring (bicyclic) bond motifs is 1. The smallest absolute Gasteiger partial charge is 0.220 e. The van der Waals surface area contributed by atoms with Crippen molar-refractivity contribution in [2.24, 2.45) is 0 Å². The van der Waals surface area contributed by atoms with Gasteiger partial charge in [-0.05, 0) is 37.3 Å². The molecular weight excluding hydrogens is 195 g/mol. The van der Waals surface area contributed by atoms with Crippen molar-refractivity contribution in [3.8, 4) is 0 Å². The second kappa shape index (κ2) is 3.69. The molecule has 1 aromatic carbocycles. The highest BCUT2D eigenvalue weighted by molar-refractivity contribution is 6.04. The van der Waals surface area contributed by atoms with Gasteiger partial charge in [-0.25, -0.2) is 4.39 Å². The molecule has 0 spiro atoms. The maximum atomic E-state index is 12.9. The molecule has 0 N–H and O–H groups in total. The molecule has 2 aromatic rings. The molecule has 0 aliphatic rings. The molecule has 1 aromatic heterocycles. The molecule has 0 unspecified atom stereocenters.